The van der Waals surface area contributed by atoms with Crippen LogP contribution in [0.25, 0.3) is 0 Å². The van der Waals surface area contributed by atoms with Gasteiger partial charge >= 0.3 is 0 Å². The van der Waals surface area contributed by atoms with E-state index in [0.29, 0.717) is 6.04 Å². The van der Waals surface area contributed by atoms with E-state index in [2.05, 4.69) is 54.7 Å². The van der Waals surface area contributed by atoms with Crippen molar-refractivity contribution < 1.29 is 0 Å². The van der Waals surface area contributed by atoms with E-state index >= 15 is 0 Å². The van der Waals surface area contributed by atoms with Gasteiger partial charge in [-0.2, -0.15) is 0 Å². The lowest BCUT2D eigenvalue weighted by atomic mass is 9.96. The summed E-state index contributed by atoms with van der Waals surface area (Å²) in [5.41, 5.74) is 1.44. The van der Waals surface area contributed by atoms with Gasteiger partial charge in [-0.3, -0.25) is 4.90 Å². The van der Waals surface area contributed by atoms with Gasteiger partial charge in [-0.25, -0.2) is 0 Å². The van der Waals surface area contributed by atoms with Crippen molar-refractivity contribution in [2.24, 2.45) is 0 Å². The van der Waals surface area contributed by atoms with Gasteiger partial charge in [-0.05, 0) is 63.6 Å². The maximum absolute atomic E-state index is 3.74. The molecule has 3 unspecified atom stereocenters. The Kier molecular flexibility index (Phi) is 4.39. The maximum Gasteiger partial charge on any atom is 0.0319 e. The molecule has 0 radical (unpaired) electrons. The number of nitrogens with zero attached hydrogens (tertiary/aromatic N) is 1. The molecule has 2 aliphatic rings. The summed E-state index contributed by atoms with van der Waals surface area (Å²) < 4.78 is 0. The fourth-order valence-electron chi connectivity index (χ4n) is 3.79. The molecular weight excluding hydrogens is 264 g/mol. The van der Waals surface area contributed by atoms with Gasteiger partial charge in [0.05, 0.1) is 0 Å². The number of hydrogen-bond donors (Lipinski definition) is 1. The van der Waals surface area contributed by atoms with Crippen molar-refractivity contribution in [3.63, 3.8) is 0 Å². The highest BCUT2D eigenvalue weighted by Crippen LogP contribution is 2.33. The Morgan fingerprint density at radius 2 is 1.75 bits per heavy atom. The van der Waals surface area contributed by atoms with Crippen LogP contribution < -0.4 is 5.32 Å². The van der Waals surface area contributed by atoms with E-state index in [1.807, 2.05) is 11.8 Å². The molecule has 2 aliphatic heterocycles. The summed E-state index contributed by atoms with van der Waals surface area (Å²) in [6, 6.07) is 11.9. The highest BCUT2D eigenvalue weighted by molar-refractivity contribution is 7.98. The zero-order valence-electron chi connectivity index (χ0n) is 12.8. The van der Waals surface area contributed by atoms with E-state index in [4.69, 9.17) is 0 Å². The van der Waals surface area contributed by atoms with Crippen LogP contribution in [0.4, 0.5) is 0 Å². The minimum Gasteiger partial charge on any atom is -0.311 e. The van der Waals surface area contributed by atoms with Crippen molar-refractivity contribution in [2.45, 2.75) is 61.7 Å². The van der Waals surface area contributed by atoms with Crippen LogP contribution in [0.15, 0.2) is 29.2 Å². The van der Waals surface area contributed by atoms with E-state index in [1.54, 1.807) is 0 Å². The molecular formula is C17H26N2S. The molecule has 0 saturated carbocycles. The van der Waals surface area contributed by atoms with E-state index in [1.165, 1.54) is 36.1 Å². The molecule has 20 heavy (non-hydrogen) atoms. The summed E-state index contributed by atoms with van der Waals surface area (Å²) in [4.78, 5) is 3.95. The van der Waals surface area contributed by atoms with Crippen molar-refractivity contribution in [2.75, 3.05) is 13.3 Å². The molecule has 3 heteroatoms. The van der Waals surface area contributed by atoms with Crippen molar-refractivity contribution in [3.05, 3.63) is 29.8 Å². The molecule has 1 N–H and O–H groups in total. The minimum absolute atomic E-state index is 0.508. The van der Waals surface area contributed by atoms with Gasteiger partial charge in [-0.15, -0.1) is 11.8 Å². The lowest BCUT2D eigenvalue weighted by Crippen LogP contribution is -2.47. The van der Waals surface area contributed by atoms with Crippen LogP contribution in [0.3, 0.4) is 0 Å². The third-order valence-electron chi connectivity index (χ3n) is 5.23. The van der Waals surface area contributed by atoms with Crippen LogP contribution in [0.5, 0.6) is 0 Å². The molecule has 2 fully saturated rings. The van der Waals surface area contributed by atoms with E-state index in [0.717, 1.165) is 18.1 Å². The first kappa shape index (κ1) is 14.4. The van der Waals surface area contributed by atoms with Crippen molar-refractivity contribution in [1.29, 1.82) is 0 Å². The highest BCUT2D eigenvalue weighted by Gasteiger charge is 2.36. The summed E-state index contributed by atoms with van der Waals surface area (Å²) >= 11 is 1.81. The average molecular weight is 290 g/mol. The molecule has 1 aromatic rings. The van der Waals surface area contributed by atoms with Crippen LogP contribution >= 0.6 is 11.8 Å². The van der Waals surface area contributed by atoms with Gasteiger partial charge in [-0.1, -0.05) is 12.1 Å². The Bertz CT molecular complexity index is 433. The number of rotatable bonds is 4. The second kappa shape index (κ2) is 6.08. The third kappa shape index (κ3) is 2.90. The molecule has 3 rings (SSSR count). The Morgan fingerprint density at radius 3 is 2.30 bits per heavy atom. The quantitative estimate of drug-likeness (QED) is 0.852. The van der Waals surface area contributed by atoms with Crippen LogP contribution in [0.1, 0.15) is 44.2 Å². The topological polar surface area (TPSA) is 15.3 Å². The molecule has 2 saturated heterocycles. The highest BCUT2D eigenvalue weighted by atomic mass is 32.2. The predicted octanol–water partition coefficient (Wildman–Crippen LogP) is 3.68. The predicted molar refractivity (Wildman–Crippen MR) is 87.4 cm³/mol. The summed E-state index contributed by atoms with van der Waals surface area (Å²) in [7, 11) is 2.31. The zero-order valence-corrected chi connectivity index (χ0v) is 13.6. The number of thioether (sulfide) groups is 1. The zero-order chi connectivity index (χ0) is 14.1. The van der Waals surface area contributed by atoms with Gasteiger partial charge in [0.2, 0.25) is 0 Å². The Hall–Kier alpha value is -0.510. The Balaban J connectivity index is 1.67. The van der Waals surface area contributed by atoms with Crippen molar-refractivity contribution >= 4 is 11.8 Å². The normalized spacial score (nSPS) is 30.7. The number of benzene rings is 1. The van der Waals surface area contributed by atoms with Crippen molar-refractivity contribution in [3.8, 4) is 0 Å². The van der Waals surface area contributed by atoms with E-state index in [9.17, 15) is 0 Å². The molecule has 0 amide bonds. The first-order valence-electron chi connectivity index (χ1n) is 7.79. The molecule has 0 spiro atoms. The lowest BCUT2D eigenvalue weighted by Gasteiger charge is -2.39. The number of hydrogen-bond acceptors (Lipinski definition) is 3. The van der Waals surface area contributed by atoms with E-state index in [-0.39, 0.29) is 0 Å². The van der Waals surface area contributed by atoms with Gasteiger partial charge in [0.15, 0.2) is 0 Å². The first-order valence-corrected chi connectivity index (χ1v) is 9.01. The van der Waals surface area contributed by atoms with Gasteiger partial charge in [0, 0.05) is 29.1 Å². The Labute approximate surface area is 127 Å². The summed E-state index contributed by atoms with van der Waals surface area (Å²) in [5.74, 6) is 0. The molecule has 2 bridgehead atoms. The second-order valence-corrected chi connectivity index (χ2v) is 7.26. The number of nitrogens with one attached hydrogen (secondary N) is 1. The third-order valence-corrected chi connectivity index (χ3v) is 5.98. The second-order valence-electron chi connectivity index (χ2n) is 6.38. The molecule has 0 aliphatic carbocycles. The van der Waals surface area contributed by atoms with Gasteiger partial charge in [0.1, 0.15) is 0 Å². The molecule has 1 aromatic carbocycles. The Morgan fingerprint density at radius 1 is 1.15 bits per heavy atom. The molecule has 2 nitrogen and oxygen atoms in total. The van der Waals surface area contributed by atoms with Crippen LogP contribution in [-0.2, 0) is 0 Å². The van der Waals surface area contributed by atoms with E-state index < -0.39 is 0 Å². The fraction of sp³-hybridized carbons (Fsp3) is 0.647. The smallest absolute Gasteiger partial charge is 0.0319 e. The average Bonchev–Trinajstić information content (AvgIpc) is 2.84. The van der Waals surface area contributed by atoms with Gasteiger partial charge in [0.25, 0.3) is 0 Å². The van der Waals surface area contributed by atoms with Gasteiger partial charge < -0.3 is 5.32 Å². The number of fused-ring (bicyclic) bond motifs is 2. The number of piperidine rings is 1. The van der Waals surface area contributed by atoms with Crippen LogP contribution in [0.2, 0.25) is 0 Å². The minimum atomic E-state index is 0.508. The molecule has 3 atom stereocenters. The molecule has 0 aromatic heterocycles. The fourth-order valence-corrected chi connectivity index (χ4v) is 4.20. The summed E-state index contributed by atoms with van der Waals surface area (Å²) in [5, 5.41) is 3.74. The summed E-state index contributed by atoms with van der Waals surface area (Å²) in [6.45, 7) is 2.35. The van der Waals surface area contributed by atoms with Crippen LogP contribution in [0, 0.1) is 0 Å². The SMILES string of the molecule is CSc1ccc(C(C)N(C)C2CC3CCC(C2)N3)cc1. The standard InChI is InChI=1S/C17H26N2S/c1-12(13-4-8-17(20-3)9-5-13)19(2)16-10-14-6-7-15(11-16)18-14/h4-5,8-9,12,14-16,18H,6-7,10-11H2,1-3H3. The largest absolute Gasteiger partial charge is 0.311 e. The van der Waals surface area contributed by atoms with Crippen molar-refractivity contribution in [1.82, 2.24) is 10.2 Å². The lowest BCUT2D eigenvalue weighted by molar-refractivity contribution is 0.132. The summed E-state index contributed by atoms with van der Waals surface area (Å²) in [6.07, 6.45) is 7.54. The monoisotopic (exact) mass is 290 g/mol. The maximum atomic E-state index is 3.74. The van der Waals surface area contributed by atoms with Crippen LogP contribution in [-0.4, -0.2) is 36.3 Å². The first-order chi connectivity index (χ1) is 9.67. The molecule has 110 valence electrons. The molecule has 2 heterocycles.